The molecular formula is C13H12FNO4. The van der Waals surface area contributed by atoms with Gasteiger partial charge < -0.3 is 14.8 Å². The quantitative estimate of drug-likeness (QED) is 0.813. The predicted molar refractivity (Wildman–Crippen MR) is 66.5 cm³/mol. The van der Waals surface area contributed by atoms with Crippen molar-refractivity contribution < 1.29 is 18.7 Å². The number of aliphatic hydroxyl groups is 1. The molecular weight excluding hydrogens is 253 g/mol. The van der Waals surface area contributed by atoms with Gasteiger partial charge in [0.1, 0.15) is 17.0 Å². The van der Waals surface area contributed by atoms with Gasteiger partial charge in [0.05, 0.1) is 6.10 Å². The molecule has 0 bridgehead atoms. The first-order valence-electron chi connectivity index (χ1n) is 5.67. The van der Waals surface area contributed by atoms with E-state index in [9.17, 15) is 14.0 Å². The van der Waals surface area contributed by atoms with Gasteiger partial charge in [-0.25, -0.2) is 9.18 Å². The molecule has 1 amide bonds. The van der Waals surface area contributed by atoms with Crippen molar-refractivity contribution in [1.82, 2.24) is 5.32 Å². The molecule has 1 heterocycles. The van der Waals surface area contributed by atoms with Crippen LogP contribution in [0.15, 0.2) is 33.5 Å². The van der Waals surface area contributed by atoms with Crippen LogP contribution < -0.4 is 10.9 Å². The van der Waals surface area contributed by atoms with Crippen molar-refractivity contribution in [2.45, 2.75) is 13.0 Å². The van der Waals surface area contributed by atoms with Gasteiger partial charge in [-0.05, 0) is 31.2 Å². The van der Waals surface area contributed by atoms with Crippen LogP contribution in [0, 0.1) is 5.82 Å². The molecule has 1 aromatic carbocycles. The Balaban J connectivity index is 2.40. The molecule has 0 aliphatic rings. The van der Waals surface area contributed by atoms with E-state index in [1.165, 1.54) is 31.2 Å². The summed E-state index contributed by atoms with van der Waals surface area (Å²) in [5.74, 6) is -1.16. The summed E-state index contributed by atoms with van der Waals surface area (Å²) in [6.45, 7) is 1.51. The monoisotopic (exact) mass is 265 g/mol. The van der Waals surface area contributed by atoms with Gasteiger partial charge in [-0.1, -0.05) is 0 Å². The fraction of sp³-hybridized carbons (Fsp3) is 0.231. The van der Waals surface area contributed by atoms with E-state index in [4.69, 9.17) is 9.52 Å². The van der Waals surface area contributed by atoms with Crippen molar-refractivity contribution in [2.75, 3.05) is 6.54 Å². The van der Waals surface area contributed by atoms with Crippen molar-refractivity contribution in [1.29, 1.82) is 0 Å². The summed E-state index contributed by atoms with van der Waals surface area (Å²) in [4.78, 5) is 23.3. The van der Waals surface area contributed by atoms with Crippen LogP contribution in [0.4, 0.5) is 4.39 Å². The number of nitrogens with one attached hydrogen (secondary N) is 1. The molecule has 0 spiro atoms. The second-order valence-corrected chi connectivity index (χ2v) is 4.19. The third kappa shape index (κ3) is 2.97. The molecule has 5 nitrogen and oxygen atoms in total. The Bertz CT molecular complexity index is 678. The van der Waals surface area contributed by atoms with Gasteiger partial charge in [0.25, 0.3) is 5.91 Å². The summed E-state index contributed by atoms with van der Waals surface area (Å²) < 4.78 is 18.0. The standard InChI is InChI=1S/C13H12FNO4/c1-7(16)6-15-12(17)10-5-8-4-9(14)2-3-11(8)19-13(10)18/h2-5,7,16H,6H2,1H3,(H,15,17). The van der Waals surface area contributed by atoms with Crippen LogP contribution in [0.3, 0.4) is 0 Å². The Morgan fingerprint density at radius 3 is 2.89 bits per heavy atom. The minimum absolute atomic E-state index is 0.0134. The average molecular weight is 265 g/mol. The maximum absolute atomic E-state index is 13.1. The smallest absolute Gasteiger partial charge is 0.349 e. The summed E-state index contributed by atoms with van der Waals surface area (Å²) in [6, 6.07) is 4.92. The largest absolute Gasteiger partial charge is 0.422 e. The van der Waals surface area contributed by atoms with E-state index in [0.29, 0.717) is 5.39 Å². The van der Waals surface area contributed by atoms with Crippen LogP contribution >= 0.6 is 0 Å². The van der Waals surface area contributed by atoms with E-state index in [1.54, 1.807) is 0 Å². The van der Waals surface area contributed by atoms with Crippen molar-refractivity contribution in [2.24, 2.45) is 0 Å². The Labute approximate surface area is 107 Å². The highest BCUT2D eigenvalue weighted by molar-refractivity contribution is 5.96. The molecule has 0 saturated heterocycles. The molecule has 19 heavy (non-hydrogen) atoms. The number of carbonyl (C=O) groups is 1. The van der Waals surface area contributed by atoms with Gasteiger partial charge in [0.15, 0.2) is 0 Å². The van der Waals surface area contributed by atoms with Gasteiger partial charge in [0.2, 0.25) is 0 Å². The predicted octanol–water partition coefficient (Wildman–Crippen LogP) is 1.04. The first-order chi connectivity index (χ1) is 8.97. The highest BCUT2D eigenvalue weighted by Crippen LogP contribution is 2.14. The molecule has 2 rings (SSSR count). The maximum atomic E-state index is 13.1. The fourth-order valence-corrected chi connectivity index (χ4v) is 1.59. The number of hydrogen-bond donors (Lipinski definition) is 2. The lowest BCUT2D eigenvalue weighted by Gasteiger charge is -2.06. The van der Waals surface area contributed by atoms with Crippen molar-refractivity contribution in [3.63, 3.8) is 0 Å². The number of benzene rings is 1. The number of hydrogen-bond acceptors (Lipinski definition) is 4. The fourth-order valence-electron chi connectivity index (χ4n) is 1.59. The average Bonchev–Trinajstić information content (AvgIpc) is 2.35. The molecule has 100 valence electrons. The molecule has 0 radical (unpaired) electrons. The normalized spacial score (nSPS) is 12.4. The number of fused-ring (bicyclic) bond motifs is 1. The zero-order valence-electron chi connectivity index (χ0n) is 10.1. The van der Waals surface area contributed by atoms with E-state index in [1.807, 2.05) is 0 Å². The molecule has 0 aliphatic heterocycles. The first-order valence-corrected chi connectivity index (χ1v) is 5.67. The summed E-state index contributed by atoms with van der Waals surface area (Å²) in [5, 5.41) is 11.8. The van der Waals surface area contributed by atoms with Crippen molar-refractivity contribution in [3.05, 3.63) is 46.1 Å². The van der Waals surface area contributed by atoms with Crippen molar-refractivity contribution in [3.8, 4) is 0 Å². The second-order valence-electron chi connectivity index (χ2n) is 4.19. The van der Waals surface area contributed by atoms with Gasteiger partial charge in [0, 0.05) is 11.9 Å². The van der Waals surface area contributed by atoms with Gasteiger partial charge in [-0.3, -0.25) is 4.79 Å². The SMILES string of the molecule is CC(O)CNC(=O)c1cc2cc(F)ccc2oc1=O. The van der Waals surface area contributed by atoms with Crippen LogP contribution in [0.1, 0.15) is 17.3 Å². The molecule has 1 atom stereocenters. The molecule has 2 N–H and O–H groups in total. The summed E-state index contributed by atoms with van der Waals surface area (Å²) in [7, 11) is 0. The van der Waals surface area contributed by atoms with E-state index >= 15 is 0 Å². The van der Waals surface area contributed by atoms with E-state index in [0.717, 1.165) is 0 Å². The summed E-state index contributed by atoms with van der Waals surface area (Å²) in [6.07, 6.45) is -0.728. The van der Waals surface area contributed by atoms with Gasteiger partial charge >= 0.3 is 5.63 Å². The van der Waals surface area contributed by atoms with Crippen molar-refractivity contribution >= 4 is 16.9 Å². The van der Waals surface area contributed by atoms with Crippen LogP contribution in [-0.4, -0.2) is 23.7 Å². The first kappa shape index (κ1) is 13.2. The van der Waals surface area contributed by atoms with E-state index in [-0.39, 0.29) is 17.7 Å². The van der Waals surface area contributed by atoms with Crippen LogP contribution in [-0.2, 0) is 0 Å². The molecule has 0 aliphatic carbocycles. The summed E-state index contributed by atoms with van der Waals surface area (Å²) in [5.41, 5.74) is -0.820. The van der Waals surface area contributed by atoms with Crippen LogP contribution in [0.2, 0.25) is 0 Å². The number of carbonyl (C=O) groups excluding carboxylic acids is 1. The van der Waals surface area contributed by atoms with Gasteiger partial charge in [-0.2, -0.15) is 0 Å². The highest BCUT2D eigenvalue weighted by atomic mass is 19.1. The number of aliphatic hydroxyl groups excluding tert-OH is 1. The molecule has 1 unspecified atom stereocenters. The Hall–Kier alpha value is -2.21. The number of halogens is 1. The second kappa shape index (κ2) is 5.19. The third-order valence-electron chi connectivity index (χ3n) is 2.50. The molecule has 0 saturated carbocycles. The third-order valence-corrected chi connectivity index (χ3v) is 2.50. The lowest BCUT2D eigenvalue weighted by Crippen LogP contribution is -2.33. The Morgan fingerprint density at radius 1 is 1.47 bits per heavy atom. The van der Waals surface area contributed by atoms with E-state index < -0.39 is 23.5 Å². The number of rotatable bonds is 3. The zero-order valence-corrected chi connectivity index (χ0v) is 10.1. The zero-order chi connectivity index (χ0) is 14.0. The minimum atomic E-state index is -0.804. The van der Waals surface area contributed by atoms with Crippen LogP contribution in [0.5, 0.6) is 0 Å². The Morgan fingerprint density at radius 2 is 2.21 bits per heavy atom. The van der Waals surface area contributed by atoms with E-state index in [2.05, 4.69) is 5.32 Å². The summed E-state index contributed by atoms with van der Waals surface area (Å²) >= 11 is 0. The van der Waals surface area contributed by atoms with Crippen LogP contribution in [0.25, 0.3) is 11.0 Å². The molecule has 6 heteroatoms. The lowest BCUT2D eigenvalue weighted by atomic mass is 10.1. The molecule has 2 aromatic rings. The highest BCUT2D eigenvalue weighted by Gasteiger charge is 2.14. The number of amides is 1. The van der Waals surface area contributed by atoms with Gasteiger partial charge in [-0.15, -0.1) is 0 Å². The molecule has 1 aromatic heterocycles. The maximum Gasteiger partial charge on any atom is 0.349 e. The minimum Gasteiger partial charge on any atom is -0.422 e. The Kier molecular flexibility index (Phi) is 3.62. The lowest BCUT2D eigenvalue weighted by molar-refractivity contribution is 0.0920. The topological polar surface area (TPSA) is 79.5 Å². The molecule has 0 fully saturated rings.